The third-order valence-corrected chi connectivity index (χ3v) is 7.76. The van der Waals surface area contributed by atoms with Crippen LogP contribution in [0.1, 0.15) is 42.7 Å². The molecule has 2 N–H and O–H groups in total. The molecule has 2 atom stereocenters. The number of hydrogen-bond acceptors (Lipinski definition) is 7. The second-order valence-electron chi connectivity index (χ2n) is 10.0. The highest BCUT2D eigenvalue weighted by molar-refractivity contribution is 6.10. The molecule has 1 amide bonds. The quantitative estimate of drug-likeness (QED) is 0.368. The number of carbonyl (C=O) groups excluding carboxylic acids is 2. The maximum absolute atomic E-state index is 14.0. The van der Waals surface area contributed by atoms with Crippen LogP contribution in [-0.4, -0.2) is 40.1 Å². The topological polar surface area (TPSA) is 95.1 Å². The summed E-state index contributed by atoms with van der Waals surface area (Å²) in [5.74, 6) is 1.38. The molecule has 41 heavy (non-hydrogen) atoms. The smallest absolute Gasteiger partial charge is 0.254 e. The van der Waals surface area contributed by atoms with Gasteiger partial charge in [0.15, 0.2) is 17.3 Å². The third kappa shape index (κ3) is 5.25. The summed E-state index contributed by atoms with van der Waals surface area (Å²) in [6.07, 6.45) is 0.892. The van der Waals surface area contributed by atoms with E-state index in [9.17, 15) is 9.59 Å². The standard InChI is InChI=1S/C33H34N2O6/c1-19-30(33(37)35-23-11-7-9-13-27(23)39-3)31(22-10-6-8-12-26(22)38-2)32-24(34-19)16-21(17-25(32)36)20-14-15-28(40-4)29(18-20)41-5/h6-15,18,21,31,34H,16-17H2,1-5H3,(H,35,37)/t21-,31+/m1/s1. The summed E-state index contributed by atoms with van der Waals surface area (Å²) in [6, 6.07) is 20.5. The molecule has 1 aliphatic carbocycles. The van der Waals surface area contributed by atoms with Gasteiger partial charge in [0, 0.05) is 34.5 Å². The van der Waals surface area contributed by atoms with Crippen molar-refractivity contribution in [3.05, 3.63) is 100 Å². The van der Waals surface area contributed by atoms with Gasteiger partial charge in [-0.3, -0.25) is 9.59 Å². The summed E-state index contributed by atoms with van der Waals surface area (Å²) < 4.78 is 22.1. The fourth-order valence-electron chi connectivity index (χ4n) is 5.84. The Morgan fingerprint density at radius 1 is 0.805 bits per heavy atom. The number of ether oxygens (including phenoxy) is 4. The molecule has 2 aliphatic rings. The fourth-order valence-corrected chi connectivity index (χ4v) is 5.84. The molecule has 0 saturated carbocycles. The van der Waals surface area contributed by atoms with Crippen molar-refractivity contribution in [2.24, 2.45) is 0 Å². The summed E-state index contributed by atoms with van der Waals surface area (Å²) in [7, 11) is 6.35. The van der Waals surface area contributed by atoms with Gasteiger partial charge in [-0.05, 0) is 55.2 Å². The van der Waals surface area contributed by atoms with Gasteiger partial charge in [0.05, 0.1) is 40.0 Å². The van der Waals surface area contributed by atoms with Crippen LogP contribution in [0.15, 0.2) is 89.3 Å². The Bertz CT molecular complexity index is 1560. The van der Waals surface area contributed by atoms with Crippen molar-refractivity contribution in [2.45, 2.75) is 31.6 Å². The summed E-state index contributed by atoms with van der Waals surface area (Å²) in [5.41, 5.74) is 4.81. The van der Waals surface area contributed by atoms with Gasteiger partial charge in [-0.1, -0.05) is 36.4 Å². The van der Waals surface area contributed by atoms with Crippen molar-refractivity contribution in [3.8, 4) is 23.0 Å². The molecule has 0 spiro atoms. The molecule has 1 aliphatic heterocycles. The first-order chi connectivity index (χ1) is 19.9. The van der Waals surface area contributed by atoms with E-state index < -0.39 is 5.92 Å². The summed E-state index contributed by atoms with van der Waals surface area (Å²) in [6.45, 7) is 1.87. The zero-order chi connectivity index (χ0) is 29.1. The number of benzene rings is 3. The minimum Gasteiger partial charge on any atom is -0.496 e. The zero-order valence-electron chi connectivity index (χ0n) is 23.9. The van der Waals surface area contributed by atoms with Crippen molar-refractivity contribution in [3.63, 3.8) is 0 Å². The van der Waals surface area contributed by atoms with E-state index in [4.69, 9.17) is 18.9 Å². The Labute approximate surface area is 240 Å². The summed E-state index contributed by atoms with van der Waals surface area (Å²) in [4.78, 5) is 28.0. The molecule has 0 fully saturated rings. The number of anilines is 1. The van der Waals surface area contributed by atoms with Crippen LogP contribution >= 0.6 is 0 Å². The number of carbonyl (C=O) groups is 2. The van der Waals surface area contributed by atoms with Crippen LogP contribution in [-0.2, 0) is 9.59 Å². The first-order valence-corrected chi connectivity index (χ1v) is 13.4. The van der Waals surface area contributed by atoms with E-state index in [1.165, 1.54) is 0 Å². The van der Waals surface area contributed by atoms with E-state index in [1.807, 2.05) is 61.5 Å². The van der Waals surface area contributed by atoms with Crippen LogP contribution in [0.25, 0.3) is 0 Å². The van der Waals surface area contributed by atoms with Crippen LogP contribution in [0.4, 0.5) is 5.69 Å². The maximum Gasteiger partial charge on any atom is 0.254 e. The Hall–Kier alpha value is -4.72. The van der Waals surface area contributed by atoms with Crippen molar-refractivity contribution in [1.82, 2.24) is 5.32 Å². The molecule has 3 aromatic rings. The van der Waals surface area contributed by atoms with Gasteiger partial charge in [-0.15, -0.1) is 0 Å². The van der Waals surface area contributed by atoms with E-state index in [2.05, 4.69) is 10.6 Å². The lowest BCUT2D eigenvalue weighted by molar-refractivity contribution is -0.116. The molecule has 0 radical (unpaired) electrons. The predicted octanol–water partition coefficient (Wildman–Crippen LogP) is 5.72. The van der Waals surface area contributed by atoms with Gasteiger partial charge in [0.2, 0.25) is 0 Å². The SMILES string of the molecule is COc1ccccc1NC(=O)C1=C(C)NC2=C(C(=O)C[C@H](c3ccc(OC)c(OC)c3)C2)[C@H]1c1ccccc1OC. The molecule has 8 nitrogen and oxygen atoms in total. The normalized spacial score (nSPS) is 18.3. The second-order valence-corrected chi connectivity index (χ2v) is 10.0. The first-order valence-electron chi connectivity index (χ1n) is 13.4. The number of amides is 1. The van der Waals surface area contributed by atoms with Crippen LogP contribution < -0.4 is 29.6 Å². The van der Waals surface area contributed by atoms with E-state index in [1.54, 1.807) is 40.6 Å². The first kappa shape index (κ1) is 27.8. The summed E-state index contributed by atoms with van der Waals surface area (Å²) in [5, 5.41) is 6.44. The van der Waals surface area contributed by atoms with Crippen molar-refractivity contribution < 1.29 is 28.5 Å². The number of dihydropyridines is 1. The largest absolute Gasteiger partial charge is 0.496 e. The lowest BCUT2D eigenvalue weighted by Crippen LogP contribution is -2.37. The zero-order valence-corrected chi connectivity index (χ0v) is 23.9. The van der Waals surface area contributed by atoms with Crippen LogP contribution in [0.3, 0.4) is 0 Å². The van der Waals surface area contributed by atoms with Gasteiger partial charge in [0.25, 0.3) is 5.91 Å². The molecular formula is C33H34N2O6. The van der Waals surface area contributed by atoms with Crippen LogP contribution in [0.2, 0.25) is 0 Å². The van der Waals surface area contributed by atoms with Crippen LogP contribution in [0, 0.1) is 0 Å². The highest BCUT2D eigenvalue weighted by atomic mass is 16.5. The van der Waals surface area contributed by atoms with E-state index >= 15 is 0 Å². The average Bonchev–Trinajstić information content (AvgIpc) is 2.99. The molecule has 0 unspecified atom stereocenters. The monoisotopic (exact) mass is 554 g/mol. The fraction of sp³-hybridized carbons (Fsp3) is 0.273. The highest BCUT2D eigenvalue weighted by Crippen LogP contribution is 2.48. The van der Waals surface area contributed by atoms with Gasteiger partial charge in [-0.25, -0.2) is 0 Å². The number of Topliss-reactive ketones (excluding diaryl/α,β-unsaturated/α-hetero) is 1. The Balaban J connectivity index is 1.58. The van der Waals surface area contributed by atoms with Crippen molar-refractivity contribution in [2.75, 3.05) is 33.8 Å². The molecular weight excluding hydrogens is 520 g/mol. The third-order valence-electron chi connectivity index (χ3n) is 7.76. The Morgan fingerprint density at radius 3 is 2.17 bits per heavy atom. The molecule has 0 bridgehead atoms. The minimum absolute atomic E-state index is 0.0236. The van der Waals surface area contributed by atoms with Crippen molar-refractivity contribution >= 4 is 17.4 Å². The lowest BCUT2D eigenvalue weighted by atomic mass is 9.71. The minimum atomic E-state index is -0.615. The second kappa shape index (κ2) is 11.8. The average molecular weight is 555 g/mol. The number of hydrogen-bond donors (Lipinski definition) is 2. The molecule has 3 aromatic carbocycles. The predicted molar refractivity (Wildman–Crippen MR) is 157 cm³/mol. The number of para-hydroxylation sites is 3. The highest BCUT2D eigenvalue weighted by Gasteiger charge is 2.42. The Morgan fingerprint density at radius 2 is 1.46 bits per heavy atom. The van der Waals surface area contributed by atoms with E-state index in [0.717, 1.165) is 16.8 Å². The number of ketones is 1. The number of nitrogens with one attached hydrogen (secondary N) is 2. The molecule has 0 saturated heterocycles. The number of methoxy groups -OCH3 is 4. The van der Waals surface area contributed by atoms with E-state index in [-0.39, 0.29) is 17.6 Å². The molecule has 1 heterocycles. The lowest BCUT2D eigenvalue weighted by Gasteiger charge is -2.37. The molecule has 5 rings (SSSR count). The Kier molecular flexibility index (Phi) is 8.01. The maximum atomic E-state index is 14.0. The van der Waals surface area contributed by atoms with Gasteiger partial charge in [-0.2, -0.15) is 0 Å². The number of allylic oxidation sites excluding steroid dienone is 3. The van der Waals surface area contributed by atoms with Gasteiger partial charge < -0.3 is 29.6 Å². The van der Waals surface area contributed by atoms with E-state index in [0.29, 0.717) is 58.4 Å². The number of rotatable bonds is 8. The molecule has 8 heteroatoms. The molecule has 0 aromatic heterocycles. The molecule has 212 valence electrons. The van der Waals surface area contributed by atoms with Gasteiger partial charge in [0.1, 0.15) is 11.5 Å². The van der Waals surface area contributed by atoms with Crippen LogP contribution in [0.5, 0.6) is 23.0 Å². The summed E-state index contributed by atoms with van der Waals surface area (Å²) >= 11 is 0. The van der Waals surface area contributed by atoms with Gasteiger partial charge >= 0.3 is 0 Å². The van der Waals surface area contributed by atoms with Crippen molar-refractivity contribution in [1.29, 1.82) is 0 Å².